The van der Waals surface area contributed by atoms with Gasteiger partial charge >= 0.3 is 11.9 Å². The van der Waals surface area contributed by atoms with Crippen molar-refractivity contribution in [2.24, 2.45) is 0 Å². The van der Waals surface area contributed by atoms with Gasteiger partial charge in [-0.15, -0.1) is 0 Å². The zero-order chi connectivity index (χ0) is 22.7. The van der Waals surface area contributed by atoms with E-state index in [0.717, 1.165) is 23.3 Å². The molecule has 0 heterocycles. The van der Waals surface area contributed by atoms with Gasteiger partial charge in [0, 0.05) is 17.6 Å². The molecule has 164 valence electrons. The van der Waals surface area contributed by atoms with Crippen molar-refractivity contribution in [3.63, 3.8) is 0 Å². The second-order valence-electron chi connectivity index (χ2n) is 7.11. The fourth-order valence-corrected chi connectivity index (χ4v) is 2.82. The maximum absolute atomic E-state index is 11.0. The van der Waals surface area contributed by atoms with E-state index in [9.17, 15) is 9.59 Å². The lowest BCUT2D eigenvalue weighted by Gasteiger charge is -2.26. The summed E-state index contributed by atoms with van der Waals surface area (Å²) >= 11 is 0. The van der Waals surface area contributed by atoms with Gasteiger partial charge in [-0.25, -0.2) is 9.59 Å². The SMILES string of the molecule is C=CC(=O)OCCOc1ccc(C(C)(C)c2ccc(OCCOC(=O)C=C)cc2)cc1. The van der Waals surface area contributed by atoms with Crippen molar-refractivity contribution in [1.82, 2.24) is 0 Å². The summed E-state index contributed by atoms with van der Waals surface area (Å²) in [6, 6.07) is 15.7. The highest BCUT2D eigenvalue weighted by Crippen LogP contribution is 2.33. The summed E-state index contributed by atoms with van der Waals surface area (Å²) in [7, 11) is 0. The summed E-state index contributed by atoms with van der Waals surface area (Å²) in [6.07, 6.45) is 2.24. The van der Waals surface area contributed by atoms with Crippen LogP contribution in [0.5, 0.6) is 11.5 Å². The van der Waals surface area contributed by atoms with Gasteiger partial charge < -0.3 is 18.9 Å². The largest absolute Gasteiger partial charge is 0.490 e. The summed E-state index contributed by atoms with van der Waals surface area (Å²) < 4.78 is 21.0. The van der Waals surface area contributed by atoms with E-state index in [-0.39, 0.29) is 31.8 Å². The van der Waals surface area contributed by atoms with Crippen LogP contribution in [0.15, 0.2) is 73.8 Å². The summed E-state index contributed by atoms with van der Waals surface area (Å²) in [5.74, 6) is 0.478. The Bertz CT molecular complexity index is 808. The van der Waals surface area contributed by atoms with E-state index in [4.69, 9.17) is 18.9 Å². The van der Waals surface area contributed by atoms with Crippen LogP contribution in [0.2, 0.25) is 0 Å². The molecule has 2 rings (SSSR count). The number of benzene rings is 2. The van der Waals surface area contributed by atoms with Crippen molar-refractivity contribution >= 4 is 11.9 Å². The van der Waals surface area contributed by atoms with E-state index < -0.39 is 11.9 Å². The molecule has 0 radical (unpaired) electrons. The Labute approximate surface area is 183 Å². The first-order valence-electron chi connectivity index (χ1n) is 9.92. The third-order valence-electron chi connectivity index (χ3n) is 4.68. The smallest absolute Gasteiger partial charge is 0.330 e. The lowest BCUT2D eigenvalue weighted by Crippen LogP contribution is -2.19. The lowest BCUT2D eigenvalue weighted by atomic mass is 9.78. The number of carbonyl (C=O) groups is 2. The van der Waals surface area contributed by atoms with Crippen LogP contribution in [0, 0.1) is 0 Å². The predicted octanol–water partition coefficient (Wildman–Crippen LogP) is 4.23. The first-order valence-corrected chi connectivity index (χ1v) is 9.92. The molecule has 2 aromatic rings. The topological polar surface area (TPSA) is 71.1 Å². The Morgan fingerprint density at radius 2 is 1.06 bits per heavy atom. The van der Waals surface area contributed by atoms with E-state index in [1.54, 1.807) is 0 Å². The highest BCUT2D eigenvalue weighted by Gasteiger charge is 2.23. The molecule has 0 atom stereocenters. The molecular weight excluding hydrogens is 396 g/mol. The second-order valence-corrected chi connectivity index (χ2v) is 7.11. The zero-order valence-electron chi connectivity index (χ0n) is 18.0. The standard InChI is InChI=1S/C25H28O6/c1-5-23(26)30-17-15-28-21-11-7-19(8-12-21)25(3,4)20-9-13-22(14-10-20)29-16-18-31-24(27)6-2/h5-14H,1-2,15-18H2,3-4H3. The second kappa shape index (κ2) is 11.6. The van der Waals surface area contributed by atoms with Crippen LogP contribution < -0.4 is 9.47 Å². The van der Waals surface area contributed by atoms with Gasteiger partial charge in [0.25, 0.3) is 0 Å². The molecule has 0 fully saturated rings. The summed E-state index contributed by atoms with van der Waals surface area (Å²) in [5.41, 5.74) is 2.03. The fraction of sp³-hybridized carbons (Fsp3) is 0.280. The molecule has 2 aromatic carbocycles. The third kappa shape index (κ3) is 7.33. The fourth-order valence-electron chi connectivity index (χ4n) is 2.82. The van der Waals surface area contributed by atoms with Crippen molar-refractivity contribution in [1.29, 1.82) is 0 Å². The van der Waals surface area contributed by atoms with Crippen LogP contribution in [0.1, 0.15) is 25.0 Å². The normalized spacial score (nSPS) is 10.6. The van der Waals surface area contributed by atoms with Crippen LogP contribution in [-0.2, 0) is 24.5 Å². The Morgan fingerprint density at radius 3 is 1.39 bits per heavy atom. The van der Waals surface area contributed by atoms with Crippen molar-refractivity contribution in [3.8, 4) is 11.5 Å². The Kier molecular flexibility index (Phi) is 8.88. The van der Waals surface area contributed by atoms with Crippen molar-refractivity contribution < 1.29 is 28.5 Å². The first-order chi connectivity index (χ1) is 14.9. The van der Waals surface area contributed by atoms with Gasteiger partial charge in [-0.1, -0.05) is 51.3 Å². The van der Waals surface area contributed by atoms with E-state index in [2.05, 4.69) is 27.0 Å². The molecular formula is C25H28O6. The molecule has 6 nitrogen and oxygen atoms in total. The molecule has 0 amide bonds. The number of carbonyl (C=O) groups excluding carboxylic acids is 2. The molecule has 0 aliphatic carbocycles. The summed E-state index contributed by atoms with van der Waals surface area (Å²) in [6.45, 7) is 11.9. The number of ether oxygens (including phenoxy) is 4. The van der Waals surface area contributed by atoms with Crippen LogP contribution in [0.25, 0.3) is 0 Å². The van der Waals surface area contributed by atoms with E-state index >= 15 is 0 Å². The van der Waals surface area contributed by atoms with Crippen LogP contribution in [0.4, 0.5) is 0 Å². The van der Waals surface area contributed by atoms with Gasteiger partial charge in [0.2, 0.25) is 0 Å². The molecule has 31 heavy (non-hydrogen) atoms. The minimum Gasteiger partial charge on any atom is -0.490 e. The minimum atomic E-state index is -0.465. The average molecular weight is 424 g/mol. The molecule has 0 aliphatic rings. The molecule has 0 unspecified atom stereocenters. The predicted molar refractivity (Wildman–Crippen MR) is 118 cm³/mol. The number of hydrogen-bond acceptors (Lipinski definition) is 6. The number of rotatable bonds is 12. The molecule has 0 aliphatic heterocycles. The number of esters is 2. The molecule has 6 heteroatoms. The highest BCUT2D eigenvalue weighted by molar-refractivity contribution is 5.81. The maximum atomic E-state index is 11.0. The van der Waals surface area contributed by atoms with Crippen LogP contribution in [0.3, 0.4) is 0 Å². The Morgan fingerprint density at radius 1 is 0.710 bits per heavy atom. The molecule has 0 N–H and O–H groups in total. The minimum absolute atomic E-state index is 0.170. The van der Waals surface area contributed by atoms with Crippen molar-refractivity contribution in [3.05, 3.63) is 85.0 Å². The maximum Gasteiger partial charge on any atom is 0.330 e. The van der Waals surface area contributed by atoms with E-state index in [0.29, 0.717) is 11.5 Å². The van der Waals surface area contributed by atoms with Gasteiger partial charge in [0.15, 0.2) is 0 Å². The molecule has 0 saturated carbocycles. The summed E-state index contributed by atoms with van der Waals surface area (Å²) in [4.78, 5) is 22.0. The highest BCUT2D eigenvalue weighted by atomic mass is 16.6. The molecule has 0 saturated heterocycles. The molecule has 0 aromatic heterocycles. The monoisotopic (exact) mass is 424 g/mol. The summed E-state index contributed by atoms with van der Waals surface area (Å²) in [5, 5.41) is 0. The Balaban J connectivity index is 1.90. The van der Waals surface area contributed by atoms with Gasteiger partial charge in [-0.05, 0) is 35.4 Å². The number of hydrogen-bond donors (Lipinski definition) is 0. The lowest BCUT2D eigenvalue weighted by molar-refractivity contribution is -0.139. The van der Waals surface area contributed by atoms with Gasteiger partial charge in [-0.3, -0.25) is 0 Å². The van der Waals surface area contributed by atoms with Crippen LogP contribution >= 0.6 is 0 Å². The quantitative estimate of drug-likeness (QED) is 0.289. The van der Waals surface area contributed by atoms with Crippen LogP contribution in [-0.4, -0.2) is 38.4 Å². The molecule has 0 bridgehead atoms. The third-order valence-corrected chi connectivity index (χ3v) is 4.68. The first kappa shape index (κ1) is 23.7. The van der Waals surface area contributed by atoms with Crippen molar-refractivity contribution in [2.75, 3.05) is 26.4 Å². The Hall–Kier alpha value is -3.54. The average Bonchev–Trinajstić information content (AvgIpc) is 2.79. The van der Waals surface area contributed by atoms with Gasteiger partial charge in [-0.2, -0.15) is 0 Å². The van der Waals surface area contributed by atoms with Crippen molar-refractivity contribution in [2.45, 2.75) is 19.3 Å². The van der Waals surface area contributed by atoms with E-state index in [1.807, 2.05) is 48.5 Å². The zero-order valence-corrected chi connectivity index (χ0v) is 18.0. The van der Waals surface area contributed by atoms with Gasteiger partial charge in [0.05, 0.1) is 0 Å². The molecule has 0 spiro atoms. The van der Waals surface area contributed by atoms with Gasteiger partial charge in [0.1, 0.15) is 37.9 Å². The van der Waals surface area contributed by atoms with E-state index in [1.165, 1.54) is 0 Å².